The van der Waals surface area contributed by atoms with Gasteiger partial charge in [0.05, 0.1) is 12.9 Å². The third-order valence-corrected chi connectivity index (χ3v) is 5.01. The number of thioether (sulfide) groups is 1. The molecule has 1 amide bonds. The van der Waals surface area contributed by atoms with Crippen LogP contribution in [-0.2, 0) is 4.79 Å². The fourth-order valence-electron chi connectivity index (χ4n) is 2.45. The molecule has 1 aliphatic rings. The zero-order valence-electron chi connectivity index (χ0n) is 13.7. The summed E-state index contributed by atoms with van der Waals surface area (Å²) in [4.78, 5) is 12.0. The molecule has 3 rings (SSSR count). The SMILES string of the molecule is COc1ccc(-c2nnc(SCC(=O)N[C@@H](C)C3CC3)n2N)cc1. The van der Waals surface area contributed by atoms with Gasteiger partial charge in [0.25, 0.3) is 0 Å². The third-order valence-electron chi connectivity index (χ3n) is 4.06. The molecule has 0 saturated heterocycles. The number of methoxy groups -OCH3 is 1. The van der Waals surface area contributed by atoms with Gasteiger partial charge >= 0.3 is 0 Å². The van der Waals surface area contributed by atoms with Crippen molar-refractivity contribution in [2.45, 2.75) is 31.0 Å². The molecule has 24 heavy (non-hydrogen) atoms. The van der Waals surface area contributed by atoms with Crippen molar-refractivity contribution in [2.24, 2.45) is 5.92 Å². The van der Waals surface area contributed by atoms with E-state index in [-0.39, 0.29) is 17.7 Å². The van der Waals surface area contributed by atoms with Gasteiger partial charge in [-0.2, -0.15) is 0 Å². The van der Waals surface area contributed by atoms with Gasteiger partial charge in [-0.15, -0.1) is 10.2 Å². The second kappa shape index (κ2) is 7.12. The number of nitrogens with two attached hydrogens (primary N) is 1. The fourth-order valence-corrected chi connectivity index (χ4v) is 3.12. The van der Waals surface area contributed by atoms with E-state index >= 15 is 0 Å². The highest BCUT2D eigenvalue weighted by atomic mass is 32.2. The molecule has 0 spiro atoms. The number of nitrogens with one attached hydrogen (secondary N) is 1. The van der Waals surface area contributed by atoms with Crippen LogP contribution >= 0.6 is 11.8 Å². The minimum Gasteiger partial charge on any atom is -0.497 e. The van der Waals surface area contributed by atoms with E-state index in [0.29, 0.717) is 16.9 Å². The molecule has 0 bridgehead atoms. The summed E-state index contributed by atoms with van der Waals surface area (Å²) in [5.41, 5.74) is 0.837. The Balaban J connectivity index is 1.60. The van der Waals surface area contributed by atoms with Gasteiger partial charge in [-0.25, -0.2) is 4.68 Å². The maximum absolute atomic E-state index is 12.0. The molecule has 0 unspecified atom stereocenters. The Kier molecular flexibility index (Phi) is 4.94. The standard InChI is InChI=1S/C16H21N5O2S/c1-10(11-3-4-11)18-14(22)9-24-16-20-19-15(21(16)17)12-5-7-13(23-2)8-6-12/h5-8,10-11H,3-4,9,17H2,1-2H3,(H,18,22)/t10-/m0/s1. The Morgan fingerprint density at radius 2 is 2.12 bits per heavy atom. The lowest BCUT2D eigenvalue weighted by atomic mass is 10.2. The number of carbonyl (C=O) groups is 1. The zero-order valence-corrected chi connectivity index (χ0v) is 14.5. The van der Waals surface area contributed by atoms with Crippen molar-refractivity contribution >= 4 is 17.7 Å². The average molecular weight is 347 g/mol. The average Bonchev–Trinajstić information content (AvgIpc) is 3.37. The van der Waals surface area contributed by atoms with Crippen molar-refractivity contribution in [2.75, 3.05) is 18.7 Å². The first kappa shape index (κ1) is 16.6. The second-order valence-corrected chi connectivity index (χ2v) is 6.83. The summed E-state index contributed by atoms with van der Waals surface area (Å²) in [6, 6.07) is 7.64. The minimum absolute atomic E-state index is 0.00611. The van der Waals surface area contributed by atoms with E-state index in [1.165, 1.54) is 29.3 Å². The van der Waals surface area contributed by atoms with E-state index in [9.17, 15) is 4.79 Å². The summed E-state index contributed by atoms with van der Waals surface area (Å²) in [5.74, 6) is 8.27. The monoisotopic (exact) mass is 347 g/mol. The smallest absolute Gasteiger partial charge is 0.230 e. The predicted molar refractivity (Wildman–Crippen MR) is 93.2 cm³/mol. The molecule has 1 fully saturated rings. The van der Waals surface area contributed by atoms with Crippen LogP contribution in [0.15, 0.2) is 29.4 Å². The van der Waals surface area contributed by atoms with Crippen LogP contribution in [0.25, 0.3) is 11.4 Å². The predicted octanol–water partition coefficient (Wildman–Crippen LogP) is 1.67. The van der Waals surface area contributed by atoms with Crippen molar-refractivity contribution in [1.29, 1.82) is 0 Å². The normalized spacial score (nSPS) is 15.1. The van der Waals surface area contributed by atoms with Crippen molar-refractivity contribution in [1.82, 2.24) is 20.2 Å². The van der Waals surface area contributed by atoms with Gasteiger partial charge in [0.1, 0.15) is 5.75 Å². The molecular formula is C16H21N5O2S. The molecule has 3 N–H and O–H groups in total. The number of hydrogen-bond donors (Lipinski definition) is 2. The first-order chi connectivity index (χ1) is 11.6. The van der Waals surface area contributed by atoms with E-state index in [0.717, 1.165) is 11.3 Å². The molecule has 1 saturated carbocycles. The molecule has 1 atom stereocenters. The zero-order chi connectivity index (χ0) is 17.1. The highest BCUT2D eigenvalue weighted by molar-refractivity contribution is 7.99. The number of nitrogen functional groups attached to an aromatic ring is 1. The molecule has 1 aliphatic carbocycles. The Labute approximate surface area is 144 Å². The van der Waals surface area contributed by atoms with Crippen LogP contribution in [0.4, 0.5) is 0 Å². The number of carbonyl (C=O) groups excluding carboxylic acids is 1. The summed E-state index contributed by atoms with van der Waals surface area (Å²) in [6.07, 6.45) is 2.41. The van der Waals surface area contributed by atoms with Crippen LogP contribution in [0.3, 0.4) is 0 Å². The number of ether oxygens (including phenoxy) is 1. The Morgan fingerprint density at radius 1 is 1.42 bits per heavy atom. The summed E-state index contributed by atoms with van der Waals surface area (Å²) >= 11 is 1.28. The quantitative estimate of drug-likeness (QED) is 0.584. The maximum Gasteiger partial charge on any atom is 0.230 e. The molecule has 8 heteroatoms. The lowest BCUT2D eigenvalue weighted by Crippen LogP contribution is -2.35. The largest absolute Gasteiger partial charge is 0.497 e. The van der Waals surface area contributed by atoms with E-state index in [2.05, 4.69) is 15.5 Å². The molecular weight excluding hydrogens is 326 g/mol. The van der Waals surface area contributed by atoms with Gasteiger partial charge in [0.15, 0.2) is 5.82 Å². The highest BCUT2D eigenvalue weighted by Crippen LogP contribution is 2.32. The third kappa shape index (κ3) is 3.81. The van der Waals surface area contributed by atoms with Crippen LogP contribution in [0.5, 0.6) is 5.75 Å². The van der Waals surface area contributed by atoms with Crippen molar-refractivity contribution in [3.05, 3.63) is 24.3 Å². The van der Waals surface area contributed by atoms with Gasteiger partial charge in [-0.3, -0.25) is 4.79 Å². The van der Waals surface area contributed by atoms with Crippen molar-refractivity contribution < 1.29 is 9.53 Å². The summed E-state index contributed by atoms with van der Waals surface area (Å²) in [5, 5.41) is 11.7. The number of rotatable bonds is 7. The summed E-state index contributed by atoms with van der Waals surface area (Å²) in [7, 11) is 1.62. The Morgan fingerprint density at radius 3 is 2.75 bits per heavy atom. The first-order valence-corrected chi connectivity index (χ1v) is 8.84. The number of nitrogens with zero attached hydrogens (tertiary/aromatic N) is 3. The van der Waals surface area contributed by atoms with Gasteiger partial charge in [-0.1, -0.05) is 11.8 Å². The van der Waals surface area contributed by atoms with Crippen LogP contribution in [0.2, 0.25) is 0 Å². The van der Waals surface area contributed by atoms with Crippen LogP contribution < -0.4 is 15.9 Å². The van der Waals surface area contributed by atoms with Gasteiger partial charge in [-0.05, 0) is 49.9 Å². The lowest BCUT2D eigenvalue weighted by Gasteiger charge is -2.12. The van der Waals surface area contributed by atoms with Gasteiger partial charge in [0.2, 0.25) is 11.1 Å². The topological polar surface area (TPSA) is 95.1 Å². The molecule has 1 aromatic carbocycles. The molecule has 0 aliphatic heterocycles. The van der Waals surface area contributed by atoms with Gasteiger partial charge < -0.3 is 15.9 Å². The van der Waals surface area contributed by atoms with E-state index in [1.807, 2.05) is 31.2 Å². The Hall–Kier alpha value is -2.22. The van der Waals surface area contributed by atoms with Crippen LogP contribution in [0.1, 0.15) is 19.8 Å². The first-order valence-electron chi connectivity index (χ1n) is 7.85. The maximum atomic E-state index is 12.0. The molecule has 0 radical (unpaired) electrons. The van der Waals surface area contributed by atoms with Crippen LogP contribution in [-0.4, -0.2) is 39.7 Å². The molecule has 1 aromatic heterocycles. The summed E-state index contributed by atoms with van der Waals surface area (Å²) < 4.78 is 6.54. The van der Waals surface area contributed by atoms with Crippen LogP contribution in [0, 0.1) is 5.92 Å². The van der Waals surface area contributed by atoms with Gasteiger partial charge in [0, 0.05) is 11.6 Å². The molecule has 128 valence electrons. The number of hydrogen-bond acceptors (Lipinski definition) is 6. The Bertz CT molecular complexity index is 712. The lowest BCUT2D eigenvalue weighted by molar-refractivity contribution is -0.119. The highest BCUT2D eigenvalue weighted by Gasteiger charge is 2.28. The van der Waals surface area contributed by atoms with Crippen molar-refractivity contribution in [3.63, 3.8) is 0 Å². The van der Waals surface area contributed by atoms with E-state index in [1.54, 1.807) is 7.11 Å². The minimum atomic E-state index is -0.00611. The molecule has 1 heterocycles. The summed E-state index contributed by atoms with van der Waals surface area (Å²) in [6.45, 7) is 2.05. The number of benzene rings is 1. The fraction of sp³-hybridized carbons (Fsp3) is 0.438. The number of amides is 1. The van der Waals surface area contributed by atoms with E-state index in [4.69, 9.17) is 10.6 Å². The molecule has 2 aromatic rings. The second-order valence-electron chi connectivity index (χ2n) is 5.89. The molecule has 7 nitrogen and oxygen atoms in total. The number of aromatic nitrogens is 3. The van der Waals surface area contributed by atoms with Crippen molar-refractivity contribution in [3.8, 4) is 17.1 Å². The van der Waals surface area contributed by atoms with E-state index < -0.39 is 0 Å².